The van der Waals surface area contributed by atoms with Crippen LogP contribution in [0.4, 0.5) is 4.39 Å². The summed E-state index contributed by atoms with van der Waals surface area (Å²) < 4.78 is 14.8. The van der Waals surface area contributed by atoms with Crippen molar-refractivity contribution in [2.75, 3.05) is 6.54 Å². The van der Waals surface area contributed by atoms with E-state index in [2.05, 4.69) is 10.3 Å². The fourth-order valence-electron chi connectivity index (χ4n) is 2.73. The number of carbonyl (C=O) groups is 1. The zero-order chi connectivity index (χ0) is 18.0. The van der Waals surface area contributed by atoms with Gasteiger partial charge in [0.25, 0.3) is 0 Å². The fourth-order valence-corrected chi connectivity index (χ4v) is 2.73. The van der Waals surface area contributed by atoms with Gasteiger partial charge in [0.15, 0.2) is 0 Å². The molecule has 0 bridgehead atoms. The number of halogens is 1. The third kappa shape index (κ3) is 3.53. The smallest absolute Gasteiger partial charge is 0.242 e. The van der Waals surface area contributed by atoms with E-state index >= 15 is 0 Å². The van der Waals surface area contributed by atoms with Crippen LogP contribution in [-0.2, 0) is 10.4 Å². The molecule has 0 spiro atoms. The molecule has 130 valence electrons. The molecule has 0 saturated carbocycles. The summed E-state index contributed by atoms with van der Waals surface area (Å²) in [5.41, 5.74) is 0.936. The van der Waals surface area contributed by atoms with Gasteiger partial charge in [0.1, 0.15) is 17.5 Å². The molecule has 6 heteroatoms. The molecular weight excluding hydrogens is 321 g/mol. The molecule has 2 atom stereocenters. The number of nitrogens with zero attached hydrogens (tertiary/aromatic N) is 2. The Morgan fingerprint density at radius 2 is 1.96 bits per heavy atom. The summed E-state index contributed by atoms with van der Waals surface area (Å²) in [5, 5.41) is 13.3. The molecule has 5 nitrogen and oxygen atoms in total. The minimum atomic E-state index is -1.29. The van der Waals surface area contributed by atoms with Crippen molar-refractivity contribution in [3.05, 3.63) is 66.2 Å². The van der Waals surface area contributed by atoms with Crippen LogP contribution in [0.15, 0.2) is 54.9 Å². The number of hydrogen-bond donors (Lipinski definition) is 2. The molecule has 1 aromatic heterocycles. The van der Waals surface area contributed by atoms with Gasteiger partial charge in [-0.15, -0.1) is 0 Å². The van der Waals surface area contributed by atoms with E-state index in [0.29, 0.717) is 5.56 Å². The van der Waals surface area contributed by atoms with Crippen LogP contribution in [-0.4, -0.2) is 27.1 Å². The average Bonchev–Trinajstić information content (AvgIpc) is 3.03. The van der Waals surface area contributed by atoms with Gasteiger partial charge in [0, 0.05) is 0 Å². The van der Waals surface area contributed by atoms with Gasteiger partial charge in [-0.2, -0.15) is 0 Å². The number of nitrogens with one attached hydrogen (secondary N) is 1. The molecule has 0 fully saturated rings. The van der Waals surface area contributed by atoms with E-state index in [1.54, 1.807) is 24.7 Å². The van der Waals surface area contributed by atoms with Crippen molar-refractivity contribution in [3.8, 4) is 0 Å². The second kappa shape index (κ2) is 6.64. The lowest BCUT2D eigenvalue weighted by Gasteiger charge is -2.25. The number of carbonyl (C=O) groups excluding carboxylic acids is 1. The molecule has 3 aromatic rings. The van der Waals surface area contributed by atoms with Gasteiger partial charge >= 0.3 is 0 Å². The number of aromatic nitrogens is 2. The van der Waals surface area contributed by atoms with Crippen molar-refractivity contribution in [2.24, 2.45) is 0 Å². The number of benzene rings is 2. The second-order valence-corrected chi connectivity index (χ2v) is 6.32. The molecule has 2 N–H and O–H groups in total. The normalized spacial score (nSPS) is 14.9. The third-order valence-electron chi connectivity index (χ3n) is 4.35. The van der Waals surface area contributed by atoms with Crippen LogP contribution in [0.1, 0.15) is 25.5 Å². The minimum Gasteiger partial charge on any atom is -0.384 e. The molecule has 0 saturated heterocycles. The molecule has 2 unspecified atom stereocenters. The average molecular weight is 341 g/mol. The standard InChI is InChI=1S/C19H20FN3O2/c1-13(23-12-22-16-5-3-4-6-17(16)23)18(24)21-11-19(2,25)14-7-9-15(20)10-8-14/h3-10,12-13,25H,11H2,1-2H3,(H,21,24). The highest BCUT2D eigenvalue weighted by Gasteiger charge is 2.25. The largest absolute Gasteiger partial charge is 0.384 e. The van der Waals surface area contributed by atoms with Gasteiger partial charge in [-0.3, -0.25) is 4.79 Å². The number of fused-ring (bicyclic) bond motifs is 1. The summed E-state index contributed by atoms with van der Waals surface area (Å²) in [6, 6.07) is 12.7. The van der Waals surface area contributed by atoms with Crippen LogP contribution in [0, 0.1) is 5.82 Å². The summed E-state index contributed by atoms with van der Waals surface area (Å²) in [6.07, 6.45) is 1.63. The van der Waals surface area contributed by atoms with Crippen LogP contribution >= 0.6 is 0 Å². The van der Waals surface area contributed by atoms with E-state index in [4.69, 9.17) is 0 Å². The summed E-state index contributed by atoms with van der Waals surface area (Å²) in [6.45, 7) is 3.38. The molecule has 0 aliphatic carbocycles. The van der Waals surface area contributed by atoms with Crippen molar-refractivity contribution >= 4 is 16.9 Å². The van der Waals surface area contributed by atoms with Gasteiger partial charge < -0.3 is 15.0 Å². The van der Waals surface area contributed by atoms with Crippen molar-refractivity contribution in [1.82, 2.24) is 14.9 Å². The number of aliphatic hydroxyl groups is 1. The summed E-state index contributed by atoms with van der Waals surface area (Å²) in [4.78, 5) is 16.8. The molecule has 0 radical (unpaired) electrons. The monoisotopic (exact) mass is 341 g/mol. The lowest BCUT2D eigenvalue weighted by atomic mass is 9.96. The molecule has 0 aliphatic rings. The first-order chi connectivity index (χ1) is 11.9. The maximum Gasteiger partial charge on any atom is 0.242 e. The van der Waals surface area contributed by atoms with Crippen LogP contribution < -0.4 is 5.32 Å². The first kappa shape index (κ1) is 17.1. The highest BCUT2D eigenvalue weighted by molar-refractivity contribution is 5.83. The Kier molecular flexibility index (Phi) is 4.55. The van der Waals surface area contributed by atoms with E-state index in [9.17, 15) is 14.3 Å². The number of hydrogen-bond acceptors (Lipinski definition) is 3. The van der Waals surface area contributed by atoms with Gasteiger partial charge in [-0.1, -0.05) is 24.3 Å². The van der Waals surface area contributed by atoms with Crippen molar-refractivity contribution in [1.29, 1.82) is 0 Å². The van der Waals surface area contributed by atoms with Gasteiger partial charge in [-0.05, 0) is 43.7 Å². The Hall–Kier alpha value is -2.73. The first-order valence-corrected chi connectivity index (χ1v) is 8.06. The predicted octanol–water partition coefficient (Wildman–Crippen LogP) is 2.76. The Morgan fingerprint density at radius 1 is 1.28 bits per heavy atom. The van der Waals surface area contributed by atoms with E-state index in [1.165, 1.54) is 24.3 Å². The highest BCUT2D eigenvalue weighted by atomic mass is 19.1. The van der Waals surface area contributed by atoms with Crippen LogP contribution in [0.2, 0.25) is 0 Å². The van der Waals surface area contributed by atoms with E-state index in [0.717, 1.165) is 11.0 Å². The maximum absolute atomic E-state index is 13.0. The quantitative estimate of drug-likeness (QED) is 0.750. The molecule has 3 rings (SSSR count). The van der Waals surface area contributed by atoms with Crippen LogP contribution in [0.3, 0.4) is 0 Å². The molecule has 1 heterocycles. The van der Waals surface area contributed by atoms with E-state index < -0.39 is 11.6 Å². The predicted molar refractivity (Wildman–Crippen MR) is 93.4 cm³/mol. The maximum atomic E-state index is 13.0. The number of para-hydroxylation sites is 2. The van der Waals surface area contributed by atoms with Gasteiger partial charge in [0.2, 0.25) is 5.91 Å². The zero-order valence-corrected chi connectivity index (χ0v) is 14.1. The van der Waals surface area contributed by atoms with E-state index in [-0.39, 0.29) is 18.3 Å². The van der Waals surface area contributed by atoms with E-state index in [1.807, 2.05) is 24.3 Å². The Balaban J connectivity index is 1.70. The first-order valence-electron chi connectivity index (χ1n) is 8.06. The molecule has 0 aliphatic heterocycles. The summed E-state index contributed by atoms with van der Waals surface area (Å²) in [7, 11) is 0. The third-order valence-corrected chi connectivity index (χ3v) is 4.35. The molecule has 25 heavy (non-hydrogen) atoms. The molecular formula is C19H20FN3O2. The number of imidazole rings is 1. The van der Waals surface area contributed by atoms with Crippen molar-refractivity contribution in [3.63, 3.8) is 0 Å². The number of rotatable bonds is 5. The topological polar surface area (TPSA) is 67.2 Å². The summed E-state index contributed by atoms with van der Waals surface area (Å²) >= 11 is 0. The van der Waals surface area contributed by atoms with Gasteiger partial charge in [-0.25, -0.2) is 9.37 Å². The Morgan fingerprint density at radius 3 is 2.68 bits per heavy atom. The minimum absolute atomic E-state index is 0.0223. The lowest BCUT2D eigenvalue weighted by Crippen LogP contribution is -2.41. The molecule has 1 amide bonds. The number of amides is 1. The summed E-state index contributed by atoms with van der Waals surface area (Å²) in [5.74, 6) is -0.602. The zero-order valence-electron chi connectivity index (χ0n) is 14.1. The Bertz CT molecular complexity index is 887. The fraction of sp³-hybridized carbons (Fsp3) is 0.263. The lowest BCUT2D eigenvalue weighted by molar-refractivity contribution is -0.125. The SMILES string of the molecule is CC(C(=O)NCC(C)(O)c1ccc(F)cc1)n1cnc2ccccc21. The molecule has 2 aromatic carbocycles. The van der Waals surface area contributed by atoms with Crippen molar-refractivity contribution < 1.29 is 14.3 Å². The van der Waals surface area contributed by atoms with Gasteiger partial charge in [0.05, 0.1) is 23.9 Å². The van der Waals surface area contributed by atoms with Crippen LogP contribution in [0.5, 0.6) is 0 Å². The van der Waals surface area contributed by atoms with Crippen molar-refractivity contribution in [2.45, 2.75) is 25.5 Å². The second-order valence-electron chi connectivity index (χ2n) is 6.32. The highest BCUT2D eigenvalue weighted by Crippen LogP contribution is 2.21. The van der Waals surface area contributed by atoms with Crippen LogP contribution in [0.25, 0.3) is 11.0 Å². The Labute approximate surface area is 145 Å².